The van der Waals surface area contributed by atoms with E-state index in [2.05, 4.69) is 21.9 Å². The number of pyridine rings is 1. The Morgan fingerprint density at radius 2 is 1.95 bits per heavy atom. The summed E-state index contributed by atoms with van der Waals surface area (Å²) in [6.45, 7) is 0.756. The summed E-state index contributed by atoms with van der Waals surface area (Å²) in [6.07, 6.45) is 0.876. The van der Waals surface area contributed by atoms with Crippen molar-refractivity contribution in [2.75, 3.05) is 31.3 Å². The van der Waals surface area contributed by atoms with Gasteiger partial charge < -0.3 is 15.4 Å². The Morgan fingerprint density at radius 1 is 1.24 bits per heavy atom. The molecule has 5 heteroatoms. The predicted molar refractivity (Wildman–Crippen MR) is 83.4 cm³/mol. The number of nitrogen functional groups attached to an aromatic ring is 1. The number of nitrogens with zero attached hydrogens (tertiary/aromatic N) is 2. The fourth-order valence-corrected chi connectivity index (χ4v) is 2.03. The first kappa shape index (κ1) is 14.8. The fraction of sp³-hybridized carbons (Fsp3) is 0.250. The van der Waals surface area contributed by atoms with Crippen LogP contribution in [0.15, 0.2) is 42.5 Å². The molecule has 21 heavy (non-hydrogen) atoms. The number of likely N-dealkylation sites (N-methyl/N-ethyl adjacent to an activating group) is 1. The quantitative estimate of drug-likeness (QED) is 0.852. The smallest absolute Gasteiger partial charge is 0.356 e. The molecule has 2 rings (SSSR count). The van der Waals surface area contributed by atoms with E-state index < -0.39 is 5.97 Å². The predicted octanol–water partition coefficient (Wildman–Crippen LogP) is 2.13. The van der Waals surface area contributed by atoms with E-state index in [0.29, 0.717) is 11.5 Å². The molecular weight excluding hydrogens is 266 g/mol. The van der Waals surface area contributed by atoms with Gasteiger partial charge in [0.05, 0.1) is 12.8 Å². The van der Waals surface area contributed by atoms with Crippen molar-refractivity contribution in [1.29, 1.82) is 0 Å². The van der Waals surface area contributed by atoms with E-state index in [4.69, 9.17) is 5.73 Å². The Hall–Kier alpha value is -2.56. The highest BCUT2D eigenvalue weighted by atomic mass is 16.5. The van der Waals surface area contributed by atoms with Crippen LogP contribution in [0.2, 0.25) is 0 Å². The average molecular weight is 285 g/mol. The normalized spacial score (nSPS) is 10.2. The van der Waals surface area contributed by atoms with Crippen molar-refractivity contribution < 1.29 is 9.53 Å². The van der Waals surface area contributed by atoms with E-state index in [0.717, 1.165) is 13.0 Å². The van der Waals surface area contributed by atoms with E-state index in [1.807, 2.05) is 30.1 Å². The lowest BCUT2D eigenvalue weighted by molar-refractivity contribution is 0.0594. The van der Waals surface area contributed by atoms with Crippen LogP contribution in [-0.2, 0) is 11.2 Å². The molecule has 0 amide bonds. The lowest BCUT2D eigenvalue weighted by Crippen LogP contribution is -2.23. The van der Waals surface area contributed by atoms with Gasteiger partial charge in [-0.3, -0.25) is 0 Å². The van der Waals surface area contributed by atoms with E-state index >= 15 is 0 Å². The first-order chi connectivity index (χ1) is 10.1. The molecule has 0 aliphatic rings. The number of anilines is 2. The molecule has 1 aromatic heterocycles. The van der Waals surface area contributed by atoms with Gasteiger partial charge in [0.25, 0.3) is 0 Å². The Balaban J connectivity index is 2.11. The molecule has 2 N–H and O–H groups in total. The zero-order valence-electron chi connectivity index (χ0n) is 12.2. The molecule has 0 radical (unpaired) electrons. The van der Waals surface area contributed by atoms with Crippen molar-refractivity contribution in [3.63, 3.8) is 0 Å². The number of aromatic nitrogens is 1. The molecular formula is C16H19N3O2. The van der Waals surface area contributed by atoms with Crippen molar-refractivity contribution in [2.24, 2.45) is 0 Å². The van der Waals surface area contributed by atoms with Gasteiger partial charge in [-0.15, -0.1) is 0 Å². The third-order valence-corrected chi connectivity index (χ3v) is 3.24. The number of hydrogen-bond acceptors (Lipinski definition) is 5. The lowest BCUT2D eigenvalue weighted by atomic mass is 10.1. The number of carbonyl (C=O) groups excluding carboxylic acids is 1. The van der Waals surface area contributed by atoms with E-state index in [1.54, 1.807) is 12.1 Å². The third-order valence-electron chi connectivity index (χ3n) is 3.24. The summed E-state index contributed by atoms with van der Waals surface area (Å²) >= 11 is 0. The lowest BCUT2D eigenvalue weighted by Gasteiger charge is -2.20. The standard InChI is InChI=1S/C16H19N3O2/c1-19(11-10-12-6-4-3-5-7-12)15-13(17)8-9-14(18-15)16(20)21-2/h3-9H,10-11,17H2,1-2H3. The van der Waals surface area contributed by atoms with Gasteiger partial charge in [-0.05, 0) is 24.1 Å². The molecule has 0 spiro atoms. The van der Waals surface area contributed by atoms with Crippen molar-refractivity contribution >= 4 is 17.5 Å². The fourth-order valence-electron chi connectivity index (χ4n) is 2.03. The zero-order valence-corrected chi connectivity index (χ0v) is 12.2. The highest BCUT2D eigenvalue weighted by Gasteiger charge is 2.13. The summed E-state index contributed by atoms with van der Waals surface area (Å²) in [5, 5.41) is 0. The zero-order chi connectivity index (χ0) is 15.2. The van der Waals surface area contributed by atoms with Gasteiger partial charge in [-0.25, -0.2) is 9.78 Å². The maximum absolute atomic E-state index is 11.5. The number of methoxy groups -OCH3 is 1. The molecule has 0 unspecified atom stereocenters. The number of esters is 1. The first-order valence-electron chi connectivity index (χ1n) is 6.71. The molecule has 0 atom stereocenters. The van der Waals surface area contributed by atoms with Crippen LogP contribution in [0.25, 0.3) is 0 Å². The van der Waals surface area contributed by atoms with E-state index in [1.165, 1.54) is 12.7 Å². The molecule has 1 heterocycles. The molecule has 0 aliphatic heterocycles. The van der Waals surface area contributed by atoms with Crippen LogP contribution < -0.4 is 10.6 Å². The van der Waals surface area contributed by atoms with Gasteiger partial charge in [0, 0.05) is 13.6 Å². The van der Waals surface area contributed by atoms with Gasteiger partial charge in [0.15, 0.2) is 11.5 Å². The van der Waals surface area contributed by atoms with E-state index in [-0.39, 0.29) is 5.69 Å². The summed E-state index contributed by atoms with van der Waals surface area (Å²) in [5.74, 6) is 0.126. The minimum atomic E-state index is -0.465. The average Bonchev–Trinajstić information content (AvgIpc) is 2.53. The number of nitrogens with two attached hydrogens (primary N) is 1. The Bertz CT molecular complexity index is 614. The van der Waals surface area contributed by atoms with Crippen molar-refractivity contribution in [3.05, 3.63) is 53.7 Å². The second kappa shape index (κ2) is 6.74. The van der Waals surface area contributed by atoms with Gasteiger partial charge >= 0.3 is 5.97 Å². The summed E-state index contributed by atoms with van der Waals surface area (Å²) in [5.41, 5.74) is 7.98. The van der Waals surface area contributed by atoms with Gasteiger partial charge in [0.2, 0.25) is 0 Å². The Labute approximate surface area is 124 Å². The van der Waals surface area contributed by atoms with Crippen LogP contribution in [0.1, 0.15) is 16.1 Å². The van der Waals surface area contributed by atoms with Crippen molar-refractivity contribution in [1.82, 2.24) is 4.98 Å². The molecule has 0 saturated carbocycles. The van der Waals surface area contributed by atoms with Crippen LogP contribution in [0.3, 0.4) is 0 Å². The maximum Gasteiger partial charge on any atom is 0.356 e. The van der Waals surface area contributed by atoms with Crippen LogP contribution in [0.5, 0.6) is 0 Å². The summed E-state index contributed by atoms with van der Waals surface area (Å²) in [6, 6.07) is 13.4. The molecule has 0 fully saturated rings. The molecule has 0 aliphatic carbocycles. The van der Waals surface area contributed by atoms with Crippen LogP contribution in [0.4, 0.5) is 11.5 Å². The van der Waals surface area contributed by atoms with E-state index in [9.17, 15) is 4.79 Å². The minimum Gasteiger partial charge on any atom is -0.464 e. The maximum atomic E-state index is 11.5. The molecule has 5 nitrogen and oxygen atoms in total. The van der Waals surface area contributed by atoms with Crippen molar-refractivity contribution in [3.8, 4) is 0 Å². The molecule has 0 saturated heterocycles. The molecule has 1 aromatic carbocycles. The highest BCUT2D eigenvalue weighted by Crippen LogP contribution is 2.20. The number of carbonyl (C=O) groups is 1. The van der Waals surface area contributed by atoms with Gasteiger partial charge in [-0.2, -0.15) is 0 Å². The number of rotatable bonds is 5. The number of hydrogen-bond donors (Lipinski definition) is 1. The molecule has 2 aromatic rings. The van der Waals surface area contributed by atoms with Crippen LogP contribution in [-0.4, -0.2) is 31.7 Å². The largest absolute Gasteiger partial charge is 0.464 e. The first-order valence-corrected chi connectivity index (χ1v) is 6.71. The summed E-state index contributed by atoms with van der Waals surface area (Å²) in [4.78, 5) is 17.8. The van der Waals surface area contributed by atoms with Crippen LogP contribution >= 0.6 is 0 Å². The third kappa shape index (κ3) is 3.72. The van der Waals surface area contributed by atoms with Gasteiger partial charge in [0.1, 0.15) is 0 Å². The Kier molecular flexibility index (Phi) is 4.77. The Morgan fingerprint density at radius 3 is 2.62 bits per heavy atom. The van der Waals surface area contributed by atoms with Crippen molar-refractivity contribution in [2.45, 2.75) is 6.42 Å². The second-order valence-electron chi connectivity index (χ2n) is 4.76. The van der Waals surface area contributed by atoms with Gasteiger partial charge in [-0.1, -0.05) is 30.3 Å². The topological polar surface area (TPSA) is 68.5 Å². The minimum absolute atomic E-state index is 0.258. The number of benzene rings is 1. The SMILES string of the molecule is COC(=O)c1ccc(N)c(N(C)CCc2ccccc2)n1. The summed E-state index contributed by atoms with van der Waals surface area (Å²) < 4.78 is 4.68. The van der Waals surface area contributed by atoms with Crippen LogP contribution in [0, 0.1) is 0 Å². The second-order valence-corrected chi connectivity index (χ2v) is 4.76. The number of ether oxygens (including phenoxy) is 1. The highest BCUT2D eigenvalue weighted by molar-refractivity contribution is 5.88. The molecule has 110 valence electrons. The summed E-state index contributed by atoms with van der Waals surface area (Å²) in [7, 11) is 3.24. The monoisotopic (exact) mass is 285 g/mol. The molecule has 0 bridgehead atoms.